The number of piperidine rings is 1. The molecule has 1 saturated heterocycles. The van der Waals surface area contributed by atoms with Crippen LogP contribution in [0.2, 0.25) is 0 Å². The summed E-state index contributed by atoms with van der Waals surface area (Å²) in [5.74, 6) is -0.152. The summed E-state index contributed by atoms with van der Waals surface area (Å²) in [6.07, 6.45) is 0.852. The first kappa shape index (κ1) is 23.8. The van der Waals surface area contributed by atoms with Crippen molar-refractivity contribution in [3.8, 4) is 11.6 Å². The van der Waals surface area contributed by atoms with Gasteiger partial charge >= 0.3 is 6.01 Å². The number of halogens is 1. The minimum absolute atomic E-state index is 0.0399. The molecule has 1 amide bonds. The van der Waals surface area contributed by atoms with E-state index >= 15 is 0 Å². The van der Waals surface area contributed by atoms with Gasteiger partial charge in [-0.1, -0.05) is 53.6 Å². The SMILES string of the molecule is Cc1cnc(-c2nnc(N[C@H]3N=C(c4ccccc4)c4ccccc4NC3=O)o2)c(N2CCC(F)CC2)c1. The number of aryl methyl sites for hydroxylation is 1. The number of para-hydroxylation sites is 1. The van der Waals surface area contributed by atoms with E-state index in [0.29, 0.717) is 43.0 Å². The molecule has 0 radical (unpaired) electrons. The zero-order valence-electron chi connectivity index (χ0n) is 20.8. The summed E-state index contributed by atoms with van der Waals surface area (Å²) in [4.78, 5) is 24.5. The van der Waals surface area contributed by atoms with Gasteiger partial charge < -0.3 is 20.0 Å². The molecule has 1 fully saturated rings. The second-order valence-electron chi connectivity index (χ2n) is 9.38. The first-order chi connectivity index (χ1) is 18.5. The molecule has 2 aliphatic rings. The number of nitrogens with one attached hydrogen (secondary N) is 2. The highest BCUT2D eigenvalue weighted by Crippen LogP contribution is 2.32. The Bertz CT molecular complexity index is 1500. The first-order valence-electron chi connectivity index (χ1n) is 12.5. The lowest BCUT2D eigenvalue weighted by molar-refractivity contribution is -0.116. The number of alkyl halides is 1. The van der Waals surface area contributed by atoms with Crippen molar-refractivity contribution in [2.75, 3.05) is 28.6 Å². The first-order valence-corrected chi connectivity index (χ1v) is 12.5. The highest BCUT2D eigenvalue weighted by atomic mass is 19.1. The third-order valence-corrected chi connectivity index (χ3v) is 6.65. The second-order valence-corrected chi connectivity index (χ2v) is 9.38. The van der Waals surface area contributed by atoms with Crippen LogP contribution in [0.4, 0.5) is 21.8 Å². The fourth-order valence-corrected chi connectivity index (χ4v) is 4.72. The lowest BCUT2D eigenvalue weighted by atomic mass is 10.0. The highest BCUT2D eigenvalue weighted by Gasteiger charge is 2.28. The van der Waals surface area contributed by atoms with Crippen LogP contribution in [0.1, 0.15) is 29.5 Å². The maximum absolute atomic E-state index is 13.8. The van der Waals surface area contributed by atoms with E-state index in [2.05, 4.69) is 30.7 Å². The molecular weight excluding hydrogens is 485 g/mol. The summed E-state index contributed by atoms with van der Waals surface area (Å²) in [5.41, 5.74) is 5.32. The number of anilines is 3. The number of nitrogens with zero attached hydrogens (tertiary/aromatic N) is 5. The number of carbonyl (C=O) groups excluding carboxylic acids is 1. The van der Waals surface area contributed by atoms with Crippen molar-refractivity contribution in [3.63, 3.8) is 0 Å². The molecule has 2 aromatic carbocycles. The molecule has 1 atom stereocenters. The van der Waals surface area contributed by atoms with Crippen molar-refractivity contribution in [2.24, 2.45) is 4.99 Å². The van der Waals surface area contributed by atoms with Crippen LogP contribution in [0.25, 0.3) is 11.6 Å². The maximum atomic E-state index is 13.8. The number of benzodiazepines with no additional fused rings is 1. The molecule has 192 valence electrons. The Kier molecular flexibility index (Phi) is 6.28. The third-order valence-electron chi connectivity index (χ3n) is 6.65. The Morgan fingerprint density at radius 1 is 1.05 bits per heavy atom. The van der Waals surface area contributed by atoms with Crippen molar-refractivity contribution < 1.29 is 13.6 Å². The maximum Gasteiger partial charge on any atom is 0.317 e. The van der Waals surface area contributed by atoms with E-state index in [1.54, 1.807) is 6.20 Å². The predicted octanol–water partition coefficient (Wildman–Crippen LogP) is 4.61. The van der Waals surface area contributed by atoms with Crippen molar-refractivity contribution in [3.05, 3.63) is 83.6 Å². The van der Waals surface area contributed by atoms with Crippen LogP contribution in [0.5, 0.6) is 0 Å². The molecule has 0 aliphatic carbocycles. The van der Waals surface area contributed by atoms with Crippen LogP contribution in [-0.2, 0) is 4.79 Å². The lowest BCUT2D eigenvalue weighted by Crippen LogP contribution is -2.34. The number of pyridine rings is 1. The number of rotatable bonds is 5. The molecule has 38 heavy (non-hydrogen) atoms. The monoisotopic (exact) mass is 511 g/mol. The Morgan fingerprint density at radius 3 is 2.63 bits per heavy atom. The molecular formula is C28H26FN7O2. The molecule has 0 unspecified atom stereocenters. The topological polar surface area (TPSA) is 109 Å². The van der Waals surface area contributed by atoms with Crippen LogP contribution in [0, 0.1) is 6.92 Å². The normalized spacial score (nSPS) is 17.8. The summed E-state index contributed by atoms with van der Waals surface area (Å²) < 4.78 is 19.7. The Labute approximate surface area is 218 Å². The average Bonchev–Trinajstić information content (AvgIpc) is 3.35. The van der Waals surface area contributed by atoms with E-state index in [0.717, 1.165) is 22.4 Å². The quantitative estimate of drug-likeness (QED) is 0.403. The second kappa shape index (κ2) is 10.0. The summed E-state index contributed by atoms with van der Waals surface area (Å²) in [6, 6.07) is 19.2. The summed E-state index contributed by atoms with van der Waals surface area (Å²) in [7, 11) is 0. The number of carbonyl (C=O) groups is 1. The summed E-state index contributed by atoms with van der Waals surface area (Å²) in [5, 5.41) is 14.2. The number of aromatic nitrogens is 3. The van der Waals surface area contributed by atoms with Gasteiger partial charge in [0.15, 0.2) is 5.69 Å². The molecule has 9 nitrogen and oxygen atoms in total. The Balaban J connectivity index is 1.31. The molecule has 10 heteroatoms. The Hall–Kier alpha value is -4.60. The highest BCUT2D eigenvalue weighted by molar-refractivity contribution is 6.19. The molecule has 4 aromatic rings. The number of benzene rings is 2. The zero-order valence-corrected chi connectivity index (χ0v) is 20.8. The molecule has 0 saturated carbocycles. The van der Waals surface area contributed by atoms with E-state index < -0.39 is 12.3 Å². The van der Waals surface area contributed by atoms with Crippen molar-refractivity contribution in [1.82, 2.24) is 15.2 Å². The van der Waals surface area contributed by atoms with Gasteiger partial charge in [-0.15, -0.1) is 5.10 Å². The van der Waals surface area contributed by atoms with Gasteiger partial charge in [0.1, 0.15) is 6.17 Å². The van der Waals surface area contributed by atoms with Gasteiger partial charge in [0.2, 0.25) is 6.17 Å². The average molecular weight is 512 g/mol. The largest absolute Gasteiger partial charge is 0.402 e. The molecule has 2 aromatic heterocycles. The van der Waals surface area contributed by atoms with E-state index in [-0.39, 0.29) is 17.8 Å². The van der Waals surface area contributed by atoms with Gasteiger partial charge in [-0.2, -0.15) is 0 Å². The minimum atomic E-state index is -1.01. The number of hydrogen-bond donors (Lipinski definition) is 2. The molecule has 2 aliphatic heterocycles. The number of aliphatic imine (C=N–C) groups is 1. The number of amides is 1. The molecule has 0 bridgehead atoms. The minimum Gasteiger partial charge on any atom is -0.402 e. The molecule has 6 rings (SSSR count). The fraction of sp³-hybridized carbons (Fsp3) is 0.250. The van der Waals surface area contributed by atoms with Gasteiger partial charge in [0.05, 0.1) is 17.1 Å². The zero-order chi connectivity index (χ0) is 26.1. The van der Waals surface area contributed by atoms with E-state index in [9.17, 15) is 9.18 Å². The Morgan fingerprint density at radius 2 is 1.82 bits per heavy atom. The summed E-state index contributed by atoms with van der Waals surface area (Å²) in [6.45, 7) is 3.12. The third kappa shape index (κ3) is 4.72. The standard InChI is InChI=1S/C28H26FN7O2/c1-17-15-22(36-13-11-19(29)12-14-36)24(30-16-17)27-34-35-28(38-27)33-25-26(37)31-21-10-6-5-9-20(21)23(32-25)18-7-3-2-4-8-18/h2-10,15-16,19,25H,11-14H2,1H3,(H,31,37)(H,33,35)/t25-/m1/s1. The fourth-order valence-electron chi connectivity index (χ4n) is 4.72. The van der Waals surface area contributed by atoms with E-state index in [4.69, 9.17) is 9.41 Å². The van der Waals surface area contributed by atoms with Crippen LogP contribution in [0.3, 0.4) is 0 Å². The van der Waals surface area contributed by atoms with Gasteiger partial charge in [-0.05, 0) is 37.5 Å². The van der Waals surface area contributed by atoms with E-state index in [1.165, 1.54) is 0 Å². The van der Waals surface area contributed by atoms with E-state index in [1.807, 2.05) is 67.6 Å². The van der Waals surface area contributed by atoms with Crippen molar-refractivity contribution >= 4 is 29.0 Å². The van der Waals surface area contributed by atoms with Gasteiger partial charge in [0.25, 0.3) is 11.8 Å². The van der Waals surface area contributed by atoms with Crippen LogP contribution >= 0.6 is 0 Å². The van der Waals surface area contributed by atoms with Gasteiger partial charge in [0, 0.05) is 30.4 Å². The van der Waals surface area contributed by atoms with Crippen LogP contribution in [0.15, 0.2) is 76.3 Å². The van der Waals surface area contributed by atoms with Gasteiger partial charge in [-0.25, -0.2) is 14.4 Å². The van der Waals surface area contributed by atoms with Crippen LogP contribution < -0.4 is 15.5 Å². The van der Waals surface area contributed by atoms with Crippen molar-refractivity contribution in [1.29, 1.82) is 0 Å². The summed E-state index contributed by atoms with van der Waals surface area (Å²) >= 11 is 0. The smallest absolute Gasteiger partial charge is 0.317 e. The predicted molar refractivity (Wildman–Crippen MR) is 143 cm³/mol. The molecule has 4 heterocycles. The van der Waals surface area contributed by atoms with Crippen molar-refractivity contribution in [2.45, 2.75) is 32.1 Å². The van der Waals surface area contributed by atoms with Crippen LogP contribution in [-0.4, -0.2) is 52.2 Å². The van der Waals surface area contributed by atoms with Gasteiger partial charge in [-0.3, -0.25) is 4.79 Å². The number of fused-ring (bicyclic) bond motifs is 1. The molecule has 2 N–H and O–H groups in total. The molecule has 0 spiro atoms. The lowest BCUT2D eigenvalue weighted by Gasteiger charge is -2.31. The number of hydrogen-bond acceptors (Lipinski definition) is 8.